The summed E-state index contributed by atoms with van der Waals surface area (Å²) in [5.74, 6) is -0.0174. The van der Waals surface area contributed by atoms with Gasteiger partial charge in [0.15, 0.2) is 0 Å². The Bertz CT molecular complexity index is 431. The lowest BCUT2D eigenvalue weighted by atomic mass is 10.2. The zero-order valence-corrected chi connectivity index (χ0v) is 13.0. The molecular formula is C15H24ClN3O. The van der Waals surface area contributed by atoms with Gasteiger partial charge in [0, 0.05) is 18.0 Å². The third kappa shape index (κ3) is 5.80. The third-order valence-corrected chi connectivity index (χ3v) is 3.26. The van der Waals surface area contributed by atoms with Crippen LogP contribution in [0.25, 0.3) is 0 Å². The van der Waals surface area contributed by atoms with Crippen molar-refractivity contribution in [2.75, 3.05) is 30.7 Å². The first-order valence-corrected chi connectivity index (χ1v) is 7.51. The molecule has 1 amide bonds. The zero-order valence-electron chi connectivity index (χ0n) is 12.3. The van der Waals surface area contributed by atoms with Crippen molar-refractivity contribution < 1.29 is 4.79 Å². The van der Waals surface area contributed by atoms with Crippen LogP contribution < -0.4 is 11.1 Å². The molecule has 0 aliphatic rings. The summed E-state index contributed by atoms with van der Waals surface area (Å²) in [6, 6.07) is 5.08. The Labute approximate surface area is 126 Å². The average molecular weight is 298 g/mol. The van der Waals surface area contributed by atoms with Crippen LogP contribution in [0.2, 0.25) is 5.02 Å². The van der Waals surface area contributed by atoms with E-state index in [0.717, 1.165) is 32.5 Å². The molecule has 0 spiro atoms. The van der Waals surface area contributed by atoms with Gasteiger partial charge < -0.3 is 16.0 Å². The summed E-state index contributed by atoms with van der Waals surface area (Å²) in [6.45, 7) is 7.14. The van der Waals surface area contributed by atoms with Crippen molar-refractivity contribution in [2.45, 2.75) is 33.1 Å². The Balaban J connectivity index is 2.46. The smallest absolute Gasteiger partial charge is 0.225 e. The Kier molecular flexibility index (Phi) is 7.41. The molecular weight excluding hydrogens is 274 g/mol. The summed E-state index contributed by atoms with van der Waals surface area (Å²) in [5.41, 5.74) is 6.92. The van der Waals surface area contributed by atoms with Crippen LogP contribution in [0.5, 0.6) is 0 Å². The van der Waals surface area contributed by atoms with Crippen LogP contribution in [-0.2, 0) is 4.79 Å². The number of carbonyl (C=O) groups is 1. The van der Waals surface area contributed by atoms with Crippen LogP contribution in [-0.4, -0.2) is 30.4 Å². The maximum absolute atomic E-state index is 11.9. The Morgan fingerprint density at radius 1 is 1.25 bits per heavy atom. The number of rotatable bonds is 8. The zero-order chi connectivity index (χ0) is 15.0. The van der Waals surface area contributed by atoms with Gasteiger partial charge in [-0.15, -0.1) is 0 Å². The first kappa shape index (κ1) is 16.8. The van der Waals surface area contributed by atoms with E-state index < -0.39 is 0 Å². The summed E-state index contributed by atoms with van der Waals surface area (Å²) >= 11 is 5.83. The number of nitrogens with two attached hydrogens (primary N) is 1. The predicted octanol–water partition coefficient (Wildman–Crippen LogP) is 3.37. The molecule has 112 valence electrons. The summed E-state index contributed by atoms with van der Waals surface area (Å²) in [5, 5.41) is 3.39. The lowest BCUT2D eigenvalue weighted by Gasteiger charge is -2.20. The van der Waals surface area contributed by atoms with Crippen LogP contribution >= 0.6 is 11.6 Å². The van der Waals surface area contributed by atoms with Crippen molar-refractivity contribution in [2.24, 2.45) is 0 Å². The molecule has 0 unspecified atom stereocenters. The molecule has 3 N–H and O–H groups in total. The number of anilines is 2. The summed E-state index contributed by atoms with van der Waals surface area (Å²) in [6.07, 6.45) is 2.68. The van der Waals surface area contributed by atoms with Gasteiger partial charge in [-0.3, -0.25) is 4.79 Å². The molecule has 0 saturated heterocycles. The first-order chi connectivity index (χ1) is 9.56. The molecule has 4 nitrogen and oxygen atoms in total. The normalized spacial score (nSPS) is 10.8. The molecule has 0 atom stereocenters. The number of amides is 1. The van der Waals surface area contributed by atoms with E-state index in [9.17, 15) is 4.79 Å². The number of nitrogen functional groups attached to an aromatic ring is 1. The molecule has 0 fully saturated rings. The summed E-state index contributed by atoms with van der Waals surface area (Å²) in [4.78, 5) is 14.2. The molecule has 0 aliphatic carbocycles. The molecule has 1 aromatic carbocycles. The number of carbonyl (C=O) groups excluding carboxylic acids is 1. The van der Waals surface area contributed by atoms with Gasteiger partial charge in [-0.2, -0.15) is 0 Å². The fourth-order valence-electron chi connectivity index (χ4n) is 2.09. The van der Waals surface area contributed by atoms with E-state index in [0.29, 0.717) is 22.8 Å². The van der Waals surface area contributed by atoms with Gasteiger partial charge in [0.05, 0.1) is 11.4 Å². The molecule has 0 saturated carbocycles. The minimum absolute atomic E-state index is 0.0174. The second-order valence-electron chi connectivity index (χ2n) is 4.87. The van der Waals surface area contributed by atoms with E-state index in [-0.39, 0.29) is 5.91 Å². The minimum atomic E-state index is -0.0174. The summed E-state index contributed by atoms with van der Waals surface area (Å²) < 4.78 is 0. The number of benzene rings is 1. The Morgan fingerprint density at radius 2 is 1.90 bits per heavy atom. The van der Waals surface area contributed by atoms with Gasteiger partial charge in [0.25, 0.3) is 0 Å². The molecule has 1 rings (SSSR count). The fraction of sp³-hybridized carbons (Fsp3) is 0.533. The van der Waals surface area contributed by atoms with E-state index in [1.807, 2.05) is 0 Å². The highest BCUT2D eigenvalue weighted by atomic mass is 35.5. The Morgan fingerprint density at radius 3 is 2.45 bits per heavy atom. The van der Waals surface area contributed by atoms with Gasteiger partial charge in [0.1, 0.15) is 0 Å². The van der Waals surface area contributed by atoms with Crippen molar-refractivity contribution >= 4 is 28.9 Å². The van der Waals surface area contributed by atoms with Crippen LogP contribution in [0.15, 0.2) is 18.2 Å². The van der Waals surface area contributed by atoms with Crippen LogP contribution in [0.4, 0.5) is 11.4 Å². The molecule has 0 bridgehead atoms. The van der Waals surface area contributed by atoms with E-state index in [4.69, 9.17) is 17.3 Å². The first-order valence-electron chi connectivity index (χ1n) is 7.14. The van der Waals surface area contributed by atoms with Crippen molar-refractivity contribution in [3.63, 3.8) is 0 Å². The lowest BCUT2D eigenvalue weighted by Crippen LogP contribution is -2.29. The van der Waals surface area contributed by atoms with Gasteiger partial charge in [-0.25, -0.2) is 0 Å². The highest BCUT2D eigenvalue weighted by Gasteiger charge is 2.09. The number of hydrogen-bond acceptors (Lipinski definition) is 3. The van der Waals surface area contributed by atoms with Crippen LogP contribution in [0.3, 0.4) is 0 Å². The summed E-state index contributed by atoms with van der Waals surface area (Å²) in [7, 11) is 0. The molecule has 0 heterocycles. The third-order valence-electron chi connectivity index (χ3n) is 3.02. The number of hydrogen-bond donors (Lipinski definition) is 2. The van der Waals surface area contributed by atoms with Crippen molar-refractivity contribution in [1.29, 1.82) is 0 Å². The lowest BCUT2D eigenvalue weighted by molar-refractivity contribution is -0.116. The largest absolute Gasteiger partial charge is 0.397 e. The monoisotopic (exact) mass is 297 g/mol. The van der Waals surface area contributed by atoms with Crippen molar-refractivity contribution in [3.8, 4) is 0 Å². The molecule has 0 aliphatic heterocycles. The number of nitrogens with one attached hydrogen (secondary N) is 1. The quantitative estimate of drug-likeness (QED) is 0.723. The van der Waals surface area contributed by atoms with E-state index >= 15 is 0 Å². The minimum Gasteiger partial charge on any atom is -0.397 e. The van der Waals surface area contributed by atoms with Crippen molar-refractivity contribution in [1.82, 2.24) is 4.90 Å². The molecule has 0 radical (unpaired) electrons. The second kappa shape index (κ2) is 8.82. The topological polar surface area (TPSA) is 58.4 Å². The molecule has 5 heteroatoms. The maximum Gasteiger partial charge on any atom is 0.225 e. The van der Waals surface area contributed by atoms with E-state index in [1.165, 1.54) is 0 Å². The van der Waals surface area contributed by atoms with Crippen molar-refractivity contribution in [3.05, 3.63) is 23.2 Å². The molecule has 1 aromatic rings. The van der Waals surface area contributed by atoms with Crippen LogP contribution in [0.1, 0.15) is 33.1 Å². The SMILES string of the molecule is CCCN(CCC)CCC(=O)Nc1ccc(Cl)cc1N. The highest BCUT2D eigenvalue weighted by molar-refractivity contribution is 6.31. The maximum atomic E-state index is 11.9. The van der Waals surface area contributed by atoms with E-state index in [1.54, 1.807) is 18.2 Å². The van der Waals surface area contributed by atoms with Gasteiger partial charge in [-0.05, 0) is 44.1 Å². The molecule has 20 heavy (non-hydrogen) atoms. The van der Waals surface area contributed by atoms with Gasteiger partial charge in [-0.1, -0.05) is 25.4 Å². The van der Waals surface area contributed by atoms with Gasteiger partial charge in [0.2, 0.25) is 5.91 Å². The molecule has 0 aromatic heterocycles. The number of halogens is 1. The van der Waals surface area contributed by atoms with E-state index in [2.05, 4.69) is 24.1 Å². The highest BCUT2D eigenvalue weighted by Crippen LogP contribution is 2.22. The van der Waals surface area contributed by atoms with Crippen LogP contribution in [0, 0.1) is 0 Å². The second-order valence-corrected chi connectivity index (χ2v) is 5.31. The Hall–Kier alpha value is -1.26. The van der Waals surface area contributed by atoms with Gasteiger partial charge >= 0.3 is 0 Å². The fourth-order valence-corrected chi connectivity index (χ4v) is 2.27. The predicted molar refractivity (Wildman–Crippen MR) is 86.1 cm³/mol. The number of nitrogens with zero attached hydrogens (tertiary/aromatic N) is 1. The standard InChI is InChI=1S/C15H24ClN3O/c1-3-8-19(9-4-2)10-7-15(20)18-14-6-5-12(16)11-13(14)17/h5-6,11H,3-4,7-10,17H2,1-2H3,(H,18,20). The average Bonchev–Trinajstić information content (AvgIpc) is 2.40.